The first-order valence-corrected chi connectivity index (χ1v) is 10.00. The highest BCUT2D eigenvalue weighted by Gasteiger charge is 2.28. The van der Waals surface area contributed by atoms with Crippen LogP contribution in [0.25, 0.3) is 0 Å². The van der Waals surface area contributed by atoms with Crippen molar-refractivity contribution in [2.24, 2.45) is 11.8 Å². The van der Waals surface area contributed by atoms with Gasteiger partial charge in [-0.3, -0.25) is 0 Å². The Hall–Kier alpha value is -1.46. The van der Waals surface area contributed by atoms with Crippen LogP contribution in [0.1, 0.15) is 56.9 Å². The van der Waals surface area contributed by atoms with Gasteiger partial charge in [0.2, 0.25) is 5.82 Å². The second kappa shape index (κ2) is 9.65. The summed E-state index contributed by atoms with van der Waals surface area (Å²) in [4.78, 5) is 0. The summed E-state index contributed by atoms with van der Waals surface area (Å²) >= 11 is 0. The minimum atomic E-state index is -0.929. The van der Waals surface area contributed by atoms with E-state index < -0.39 is 11.6 Å². The smallest absolute Gasteiger partial charge is 0.200 e. The van der Waals surface area contributed by atoms with Crippen LogP contribution in [0.5, 0.6) is 5.75 Å². The SMILES string of the molecule is CC=CC1CCC(COC2CCC(c3ccc(OC)c(F)c3F)CO2)CC1. The molecule has 1 aromatic rings. The van der Waals surface area contributed by atoms with Gasteiger partial charge in [0.1, 0.15) is 0 Å². The molecule has 1 aliphatic carbocycles. The van der Waals surface area contributed by atoms with Crippen LogP contribution in [0.2, 0.25) is 0 Å². The van der Waals surface area contributed by atoms with E-state index in [1.165, 1.54) is 38.9 Å². The van der Waals surface area contributed by atoms with Crippen LogP contribution in [0.4, 0.5) is 8.78 Å². The molecule has 1 saturated heterocycles. The van der Waals surface area contributed by atoms with Gasteiger partial charge in [-0.05, 0) is 68.9 Å². The Balaban J connectivity index is 1.44. The van der Waals surface area contributed by atoms with Crippen LogP contribution in [0.15, 0.2) is 24.3 Å². The molecule has 1 aliphatic heterocycles. The molecule has 2 unspecified atom stereocenters. The van der Waals surface area contributed by atoms with Crippen molar-refractivity contribution in [1.29, 1.82) is 0 Å². The molecule has 27 heavy (non-hydrogen) atoms. The Bertz CT molecular complexity index is 631. The largest absolute Gasteiger partial charge is 0.494 e. The molecule has 3 rings (SSSR count). The van der Waals surface area contributed by atoms with E-state index in [1.807, 2.05) is 0 Å². The van der Waals surface area contributed by atoms with E-state index in [9.17, 15) is 8.78 Å². The molecule has 0 aromatic heterocycles. The standard InChI is InChI=1S/C22H30F2O3/c1-3-4-15-5-7-16(8-6-15)13-26-20-12-9-17(14-27-20)18-10-11-19(25-2)22(24)21(18)23/h3-4,10-11,15-17,20H,5-9,12-14H2,1-2H3. The lowest BCUT2D eigenvalue weighted by Crippen LogP contribution is -2.30. The van der Waals surface area contributed by atoms with E-state index in [2.05, 4.69) is 19.1 Å². The lowest BCUT2D eigenvalue weighted by atomic mass is 9.82. The molecule has 1 aromatic carbocycles. The normalized spacial score (nSPS) is 29.2. The Morgan fingerprint density at radius 1 is 1.07 bits per heavy atom. The van der Waals surface area contributed by atoms with Crippen molar-refractivity contribution < 1.29 is 23.0 Å². The Labute approximate surface area is 160 Å². The first-order valence-electron chi connectivity index (χ1n) is 10.00. The van der Waals surface area contributed by atoms with Gasteiger partial charge in [-0.25, -0.2) is 4.39 Å². The van der Waals surface area contributed by atoms with Gasteiger partial charge < -0.3 is 14.2 Å². The van der Waals surface area contributed by atoms with Gasteiger partial charge in [0.15, 0.2) is 17.9 Å². The molecule has 0 spiro atoms. The predicted octanol–water partition coefficient (Wildman–Crippen LogP) is 5.59. The summed E-state index contributed by atoms with van der Waals surface area (Å²) in [5.41, 5.74) is 0.356. The van der Waals surface area contributed by atoms with Gasteiger partial charge >= 0.3 is 0 Å². The van der Waals surface area contributed by atoms with E-state index in [0.717, 1.165) is 18.9 Å². The molecular formula is C22H30F2O3. The van der Waals surface area contributed by atoms with Gasteiger partial charge in [0, 0.05) is 5.92 Å². The molecule has 2 aliphatic rings. The molecule has 0 amide bonds. The summed E-state index contributed by atoms with van der Waals surface area (Å²) < 4.78 is 44.8. The third kappa shape index (κ3) is 5.08. The van der Waals surface area contributed by atoms with Gasteiger partial charge in [-0.2, -0.15) is 4.39 Å². The summed E-state index contributed by atoms with van der Waals surface area (Å²) in [6, 6.07) is 3.07. The number of hydrogen-bond donors (Lipinski definition) is 0. The fourth-order valence-electron chi connectivity index (χ4n) is 4.19. The minimum Gasteiger partial charge on any atom is -0.494 e. The quantitative estimate of drug-likeness (QED) is 0.602. The van der Waals surface area contributed by atoms with Crippen LogP contribution in [0, 0.1) is 23.5 Å². The first-order chi connectivity index (χ1) is 13.1. The molecule has 2 atom stereocenters. The van der Waals surface area contributed by atoms with Gasteiger partial charge in [0.05, 0.1) is 20.3 Å². The van der Waals surface area contributed by atoms with Crippen LogP contribution >= 0.6 is 0 Å². The number of benzene rings is 1. The van der Waals surface area contributed by atoms with Gasteiger partial charge in [-0.15, -0.1) is 0 Å². The monoisotopic (exact) mass is 380 g/mol. The molecular weight excluding hydrogens is 350 g/mol. The number of methoxy groups -OCH3 is 1. The van der Waals surface area contributed by atoms with Crippen molar-refractivity contribution in [2.45, 2.75) is 57.7 Å². The molecule has 0 radical (unpaired) electrons. The summed E-state index contributed by atoms with van der Waals surface area (Å²) in [5.74, 6) is -0.666. The van der Waals surface area contributed by atoms with Crippen LogP contribution in [-0.2, 0) is 9.47 Å². The zero-order chi connectivity index (χ0) is 19.2. The zero-order valence-corrected chi connectivity index (χ0v) is 16.3. The molecule has 1 heterocycles. The number of hydrogen-bond acceptors (Lipinski definition) is 3. The highest BCUT2D eigenvalue weighted by molar-refractivity contribution is 5.33. The fraction of sp³-hybridized carbons (Fsp3) is 0.636. The summed E-state index contributed by atoms with van der Waals surface area (Å²) in [5, 5.41) is 0. The van der Waals surface area contributed by atoms with Crippen molar-refractivity contribution in [3.8, 4) is 5.75 Å². The zero-order valence-electron chi connectivity index (χ0n) is 16.3. The molecule has 0 bridgehead atoms. The van der Waals surface area contributed by atoms with E-state index in [-0.39, 0.29) is 18.0 Å². The van der Waals surface area contributed by atoms with E-state index in [0.29, 0.717) is 24.5 Å². The Morgan fingerprint density at radius 3 is 2.48 bits per heavy atom. The average molecular weight is 380 g/mol. The average Bonchev–Trinajstić information content (AvgIpc) is 2.70. The fourth-order valence-corrected chi connectivity index (χ4v) is 4.19. The highest BCUT2D eigenvalue weighted by atomic mass is 19.2. The molecule has 5 heteroatoms. The lowest BCUT2D eigenvalue weighted by Gasteiger charge is -2.32. The molecule has 1 saturated carbocycles. The maximum atomic E-state index is 14.3. The maximum absolute atomic E-state index is 14.3. The van der Waals surface area contributed by atoms with Gasteiger partial charge in [0.25, 0.3) is 0 Å². The van der Waals surface area contributed by atoms with Crippen molar-refractivity contribution in [3.05, 3.63) is 41.5 Å². The van der Waals surface area contributed by atoms with Crippen molar-refractivity contribution in [1.82, 2.24) is 0 Å². The third-order valence-corrected chi connectivity index (χ3v) is 5.84. The Morgan fingerprint density at radius 2 is 1.85 bits per heavy atom. The summed E-state index contributed by atoms with van der Waals surface area (Å²) in [7, 11) is 1.33. The molecule has 0 N–H and O–H groups in total. The second-order valence-electron chi connectivity index (χ2n) is 7.66. The number of halogens is 2. The molecule has 3 nitrogen and oxygen atoms in total. The summed E-state index contributed by atoms with van der Waals surface area (Å²) in [6.45, 7) is 3.15. The molecule has 2 fully saturated rings. The lowest BCUT2D eigenvalue weighted by molar-refractivity contribution is -0.175. The van der Waals surface area contributed by atoms with Crippen molar-refractivity contribution in [3.63, 3.8) is 0 Å². The second-order valence-corrected chi connectivity index (χ2v) is 7.66. The third-order valence-electron chi connectivity index (χ3n) is 5.84. The highest BCUT2D eigenvalue weighted by Crippen LogP contribution is 2.34. The topological polar surface area (TPSA) is 27.7 Å². The Kier molecular flexibility index (Phi) is 7.25. The molecule has 150 valence electrons. The summed E-state index contributed by atoms with van der Waals surface area (Å²) in [6.07, 6.45) is 10.5. The number of allylic oxidation sites excluding steroid dienone is 2. The van der Waals surface area contributed by atoms with Crippen molar-refractivity contribution >= 4 is 0 Å². The van der Waals surface area contributed by atoms with E-state index >= 15 is 0 Å². The van der Waals surface area contributed by atoms with Crippen LogP contribution in [0.3, 0.4) is 0 Å². The first kappa shape index (κ1) is 20.3. The van der Waals surface area contributed by atoms with E-state index in [4.69, 9.17) is 14.2 Å². The number of rotatable bonds is 6. The van der Waals surface area contributed by atoms with Gasteiger partial charge in [-0.1, -0.05) is 18.2 Å². The van der Waals surface area contributed by atoms with E-state index in [1.54, 1.807) is 6.07 Å². The van der Waals surface area contributed by atoms with Crippen LogP contribution < -0.4 is 4.74 Å². The van der Waals surface area contributed by atoms with Crippen molar-refractivity contribution in [2.75, 3.05) is 20.3 Å². The maximum Gasteiger partial charge on any atom is 0.200 e. The predicted molar refractivity (Wildman–Crippen MR) is 101 cm³/mol. The minimum absolute atomic E-state index is 0.0710. The van der Waals surface area contributed by atoms with Crippen LogP contribution in [-0.4, -0.2) is 26.6 Å². The number of ether oxygens (including phenoxy) is 3.